The van der Waals surface area contributed by atoms with Gasteiger partial charge in [-0.05, 0) is 19.9 Å². The molecule has 0 aromatic carbocycles. The smallest absolute Gasteiger partial charge is 0.196 e. The second-order valence-corrected chi connectivity index (χ2v) is 4.17. The van der Waals surface area contributed by atoms with Crippen LogP contribution >= 0.6 is 23.2 Å². The maximum absolute atomic E-state index is 11.6. The number of Topliss-reactive ketones (excluding diaryl/α,β-unsaturated/α-hetero) is 1. The Hall–Kier alpha value is -0.640. The van der Waals surface area contributed by atoms with E-state index < -0.39 is 11.4 Å². The van der Waals surface area contributed by atoms with E-state index in [9.17, 15) is 9.90 Å². The molecule has 0 saturated carbocycles. The molecule has 0 aliphatic rings. The summed E-state index contributed by atoms with van der Waals surface area (Å²) in [6, 6.07) is 1.36. The van der Waals surface area contributed by atoms with Gasteiger partial charge in [0.15, 0.2) is 5.78 Å². The van der Waals surface area contributed by atoms with Crippen LogP contribution < -0.4 is 0 Å². The van der Waals surface area contributed by atoms with Gasteiger partial charge in [-0.25, -0.2) is 4.98 Å². The number of hydrogen-bond donors (Lipinski definition) is 1. The Morgan fingerprint density at radius 3 is 2.50 bits per heavy atom. The number of hydrogen-bond acceptors (Lipinski definition) is 3. The van der Waals surface area contributed by atoms with Crippen LogP contribution in [0.25, 0.3) is 0 Å². The average molecular weight is 234 g/mol. The first-order valence-electron chi connectivity index (χ1n) is 3.90. The summed E-state index contributed by atoms with van der Waals surface area (Å²) in [4.78, 5) is 15.3. The van der Waals surface area contributed by atoms with Crippen molar-refractivity contribution in [3.05, 3.63) is 28.0 Å². The van der Waals surface area contributed by atoms with Gasteiger partial charge in [0.1, 0.15) is 10.8 Å². The third kappa shape index (κ3) is 2.44. The predicted molar refractivity (Wildman–Crippen MR) is 54.9 cm³/mol. The minimum Gasteiger partial charge on any atom is -0.382 e. The number of ketones is 1. The van der Waals surface area contributed by atoms with E-state index in [1.54, 1.807) is 0 Å². The summed E-state index contributed by atoms with van der Waals surface area (Å²) in [5.74, 6) is -0.480. The molecule has 1 N–H and O–H groups in total. The van der Waals surface area contributed by atoms with Crippen LogP contribution in [-0.4, -0.2) is 21.5 Å². The zero-order valence-corrected chi connectivity index (χ0v) is 9.23. The largest absolute Gasteiger partial charge is 0.382 e. The van der Waals surface area contributed by atoms with Crippen LogP contribution in [0.1, 0.15) is 24.2 Å². The number of pyridine rings is 1. The molecule has 0 atom stereocenters. The highest BCUT2D eigenvalue weighted by Gasteiger charge is 2.27. The monoisotopic (exact) mass is 233 g/mol. The lowest BCUT2D eigenvalue weighted by Crippen LogP contribution is -2.31. The van der Waals surface area contributed by atoms with Gasteiger partial charge in [0.25, 0.3) is 0 Å². The minimum absolute atomic E-state index is 0.170. The van der Waals surface area contributed by atoms with Crippen molar-refractivity contribution in [3.63, 3.8) is 0 Å². The molecule has 1 aromatic rings. The van der Waals surface area contributed by atoms with Gasteiger partial charge in [-0.15, -0.1) is 0 Å². The number of carbonyl (C=O) groups is 1. The number of aromatic nitrogens is 1. The molecule has 0 fully saturated rings. The SMILES string of the molecule is CC(C)(O)C(=O)c1cnc(Cl)cc1Cl. The van der Waals surface area contributed by atoms with Crippen LogP contribution in [-0.2, 0) is 0 Å². The van der Waals surface area contributed by atoms with E-state index in [0.29, 0.717) is 0 Å². The maximum atomic E-state index is 11.6. The molecular weight excluding hydrogens is 225 g/mol. The molecular formula is C9H9Cl2NO2. The topological polar surface area (TPSA) is 50.2 Å². The molecule has 1 heterocycles. The summed E-state index contributed by atoms with van der Waals surface area (Å²) in [6.07, 6.45) is 1.25. The van der Waals surface area contributed by atoms with Gasteiger partial charge < -0.3 is 5.11 Å². The number of nitrogens with zero attached hydrogens (tertiary/aromatic N) is 1. The summed E-state index contributed by atoms with van der Waals surface area (Å²) >= 11 is 11.3. The number of rotatable bonds is 2. The molecule has 5 heteroatoms. The van der Waals surface area contributed by atoms with E-state index >= 15 is 0 Å². The molecule has 0 spiro atoms. The van der Waals surface area contributed by atoms with Crippen LogP contribution in [0.4, 0.5) is 0 Å². The van der Waals surface area contributed by atoms with Crippen LogP contribution in [0.5, 0.6) is 0 Å². The lowest BCUT2D eigenvalue weighted by atomic mass is 9.98. The lowest BCUT2D eigenvalue weighted by molar-refractivity contribution is 0.0487. The fourth-order valence-corrected chi connectivity index (χ4v) is 1.36. The van der Waals surface area contributed by atoms with Crippen LogP contribution in [0, 0.1) is 0 Å². The van der Waals surface area contributed by atoms with Crippen molar-refractivity contribution < 1.29 is 9.90 Å². The fourth-order valence-electron chi connectivity index (χ4n) is 0.904. The molecule has 1 aromatic heterocycles. The summed E-state index contributed by atoms with van der Waals surface area (Å²) in [7, 11) is 0. The Bertz CT molecular complexity index is 372. The van der Waals surface area contributed by atoms with Crippen molar-refractivity contribution in [2.24, 2.45) is 0 Å². The molecule has 76 valence electrons. The first kappa shape index (κ1) is 11.4. The molecule has 0 unspecified atom stereocenters. The first-order valence-corrected chi connectivity index (χ1v) is 4.66. The minimum atomic E-state index is -1.46. The van der Waals surface area contributed by atoms with Crippen molar-refractivity contribution in [1.29, 1.82) is 0 Å². The van der Waals surface area contributed by atoms with Gasteiger partial charge in [0, 0.05) is 6.20 Å². The second kappa shape index (κ2) is 3.85. The van der Waals surface area contributed by atoms with E-state index in [1.807, 2.05) is 0 Å². The highest BCUT2D eigenvalue weighted by Crippen LogP contribution is 2.22. The van der Waals surface area contributed by atoms with Gasteiger partial charge in [-0.2, -0.15) is 0 Å². The summed E-state index contributed by atoms with van der Waals surface area (Å²) in [5, 5.41) is 9.87. The van der Waals surface area contributed by atoms with Crippen LogP contribution in [0.2, 0.25) is 10.2 Å². The Labute approximate surface area is 91.7 Å². The molecule has 0 radical (unpaired) electrons. The summed E-state index contributed by atoms with van der Waals surface area (Å²) in [6.45, 7) is 2.78. The van der Waals surface area contributed by atoms with Gasteiger partial charge in [-0.1, -0.05) is 23.2 Å². The highest BCUT2D eigenvalue weighted by molar-refractivity contribution is 6.36. The van der Waals surface area contributed by atoms with E-state index in [4.69, 9.17) is 23.2 Å². The van der Waals surface area contributed by atoms with Crippen molar-refractivity contribution in [2.45, 2.75) is 19.4 Å². The molecule has 0 aliphatic carbocycles. The zero-order chi connectivity index (χ0) is 10.9. The van der Waals surface area contributed by atoms with Crippen molar-refractivity contribution in [2.75, 3.05) is 0 Å². The third-order valence-corrected chi connectivity index (χ3v) is 2.14. The predicted octanol–water partition coefficient (Wildman–Crippen LogP) is 2.34. The van der Waals surface area contributed by atoms with E-state index in [2.05, 4.69) is 4.98 Å². The van der Waals surface area contributed by atoms with Crippen molar-refractivity contribution in [3.8, 4) is 0 Å². The summed E-state index contributed by atoms with van der Waals surface area (Å²) < 4.78 is 0. The normalized spacial score (nSPS) is 11.5. The lowest BCUT2D eigenvalue weighted by Gasteiger charge is -2.15. The average Bonchev–Trinajstić information content (AvgIpc) is 2.01. The van der Waals surface area contributed by atoms with E-state index in [-0.39, 0.29) is 15.7 Å². The van der Waals surface area contributed by atoms with Gasteiger partial charge in [-0.3, -0.25) is 4.79 Å². The Kier molecular flexibility index (Phi) is 3.14. The van der Waals surface area contributed by atoms with Crippen LogP contribution in [0.3, 0.4) is 0 Å². The summed E-state index contributed by atoms with van der Waals surface area (Å²) in [5.41, 5.74) is -1.29. The quantitative estimate of drug-likeness (QED) is 0.631. The van der Waals surface area contributed by atoms with Crippen molar-refractivity contribution in [1.82, 2.24) is 4.98 Å². The second-order valence-electron chi connectivity index (χ2n) is 3.38. The zero-order valence-electron chi connectivity index (χ0n) is 7.71. The van der Waals surface area contributed by atoms with Gasteiger partial charge >= 0.3 is 0 Å². The molecule has 0 saturated heterocycles. The van der Waals surface area contributed by atoms with E-state index in [0.717, 1.165) is 0 Å². The molecule has 1 rings (SSSR count). The van der Waals surface area contributed by atoms with Crippen LogP contribution in [0.15, 0.2) is 12.3 Å². The van der Waals surface area contributed by atoms with E-state index in [1.165, 1.54) is 26.1 Å². The first-order chi connectivity index (χ1) is 6.32. The number of halogens is 2. The molecule has 0 bridgehead atoms. The molecule has 14 heavy (non-hydrogen) atoms. The highest BCUT2D eigenvalue weighted by atomic mass is 35.5. The van der Waals surface area contributed by atoms with Crippen molar-refractivity contribution >= 4 is 29.0 Å². The molecule has 3 nitrogen and oxygen atoms in total. The number of carbonyl (C=O) groups excluding carboxylic acids is 1. The molecule has 0 amide bonds. The Balaban J connectivity index is 3.15. The third-order valence-electron chi connectivity index (χ3n) is 1.62. The Morgan fingerprint density at radius 1 is 1.50 bits per heavy atom. The van der Waals surface area contributed by atoms with Gasteiger partial charge in [0.2, 0.25) is 0 Å². The molecule has 0 aliphatic heterocycles. The number of aliphatic hydroxyl groups is 1. The van der Waals surface area contributed by atoms with Gasteiger partial charge in [0.05, 0.1) is 10.6 Å². The fraction of sp³-hybridized carbons (Fsp3) is 0.333. The standard InChI is InChI=1S/C9H9Cl2NO2/c1-9(2,14)8(13)5-4-12-7(11)3-6(5)10/h3-4,14H,1-2H3. The Morgan fingerprint density at radius 2 is 2.07 bits per heavy atom. The maximum Gasteiger partial charge on any atom is 0.196 e.